The van der Waals surface area contributed by atoms with Crippen LogP contribution in [0.25, 0.3) is 11.1 Å². The molecule has 0 aliphatic heterocycles. The van der Waals surface area contributed by atoms with Crippen molar-refractivity contribution >= 4 is 21.7 Å². The van der Waals surface area contributed by atoms with Crippen LogP contribution >= 0.6 is 0 Å². The van der Waals surface area contributed by atoms with Crippen LogP contribution in [0.2, 0.25) is 0 Å². The highest BCUT2D eigenvalue weighted by atomic mass is 32.2. The summed E-state index contributed by atoms with van der Waals surface area (Å²) in [6.07, 6.45) is 3.75. The molecule has 0 saturated carbocycles. The normalized spacial score (nSPS) is 13.1. The number of hydrogen-bond donors (Lipinski definition) is 2. The predicted molar refractivity (Wildman–Crippen MR) is 167 cm³/mol. The average Bonchev–Trinajstić information content (AvgIpc) is 2.94. The maximum absolute atomic E-state index is 13.4. The standard InChI is InChI=1S/C34H43NO6S/c1-6-7-15-32(27-13-10-12-26(21-27)23(2)3)41-22-25-16-17-29(30(20-25)28-14-9-8-11-24(28)4)33(36)35-31(34(37)38)18-19-42(5,39)40/h8-14,16-17,20-21,23,31-32H,6-7,15,18-19,22H2,1-5H3,(H,35,36)(H,37,38). The van der Waals surface area contributed by atoms with Crippen LogP contribution in [-0.2, 0) is 26.0 Å². The van der Waals surface area contributed by atoms with Crippen LogP contribution in [0.3, 0.4) is 0 Å². The Morgan fingerprint density at radius 2 is 1.64 bits per heavy atom. The van der Waals surface area contributed by atoms with Gasteiger partial charge in [0.2, 0.25) is 0 Å². The number of carboxylic acids is 1. The number of aliphatic carboxylic acids is 1. The molecule has 3 rings (SSSR count). The van der Waals surface area contributed by atoms with Crippen LogP contribution in [0.4, 0.5) is 0 Å². The predicted octanol–water partition coefficient (Wildman–Crippen LogP) is 6.85. The zero-order valence-electron chi connectivity index (χ0n) is 25.2. The molecular formula is C34H43NO6S. The summed E-state index contributed by atoms with van der Waals surface area (Å²) in [5.74, 6) is -1.79. The molecule has 226 valence electrons. The fraction of sp³-hybridized carbons (Fsp3) is 0.412. The molecule has 42 heavy (non-hydrogen) atoms. The molecule has 0 fully saturated rings. The van der Waals surface area contributed by atoms with Crippen molar-refractivity contribution in [1.29, 1.82) is 0 Å². The fourth-order valence-corrected chi connectivity index (χ4v) is 5.52. The number of nitrogens with one attached hydrogen (secondary N) is 1. The third kappa shape index (κ3) is 9.53. The largest absolute Gasteiger partial charge is 0.480 e. The van der Waals surface area contributed by atoms with E-state index in [-0.39, 0.29) is 18.3 Å². The highest BCUT2D eigenvalue weighted by Gasteiger charge is 2.24. The lowest BCUT2D eigenvalue weighted by Gasteiger charge is -2.21. The van der Waals surface area contributed by atoms with Gasteiger partial charge >= 0.3 is 5.97 Å². The summed E-state index contributed by atoms with van der Waals surface area (Å²) < 4.78 is 29.7. The number of carbonyl (C=O) groups excluding carboxylic acids is 1. The van der Waals surface area contributed by atoms with Crippen LogP contribution < -0.4 is 5.32 Å². The summed E-state index contributed by atoms with van der Waals surface area (Å²) in [5, 5.41) is 12.2. The lowest BCUT2D eigenvalue weighted by atomic mass is 9.93. The summed E-state index contributed by atoms with van der Waals surface area (Å²) in [4.78, 5) is 25.2. The van der Waals surface area contributed by atoms with Gasteiger partial charge in [-0.3, -0.25) is 4.79 Å². The molecule has 3 aromatic rings. The first kappa shape index (κ1) is 33.0. The quantitative estimate of drug-likeness (QED) is 0.199. The summed E-state index contributed by atoms with van der Waals surface area (Å²) in [6.45, 7) is 8.81. The minimum Gasteiger partial charge on any atom is -0.480 e. The molecule has 8 heteroatoms. The maximum atomic E-state index is 13.4. The van der Waals surface area contributed by atoms with Crippen LogP contribution in [0, 0.1) is 6.92 Å². The highest BCUT2D eigenvalue weighted by molar-refractivity contribution is 7.90. The molecule has 2 N–H and O–H groups in total. The van der Waals surface area contributed by atoms with Crippen LogP contribution in [-0.4, -0.2) is 43.5 Å². The second kappa shape index (κ2) is 15.1. The first-order chi connectivity index (χ1) is 19.9. The number of aryl methyl sites for hydroxylation is 1. The van der Waals surface area contributed by atoms with E-state index in [2.05, 4.69) is 50.4 Å². The number of amides is 1. The number of ether oxygens (including phenoxy) is 1. The molecule has 0 spiro atoms. The third-order valence-electron chi connectivity index (χ3n) is 7.36. The number of benzene rings is 3. The topological polar surface area (TPSA) is 110 Å². The van der Waals surface area contributed by atoms with Crippen molar-refractivity contribution < 1.29 is 27.9 Å². The maximum Gasteiger partial charge on any atom is 0.326 e. The summed E-state index contributed by atoms with van der Waals surface area (Å²) in [7, 11) is -3.39. The Morgan fingerprint density at radius 3 is 2.29 bits per heavy atom. The summed E-state index contributed by atoms with van der Waals surface area (Å²) in [5.41, 5.74) is 6.09. The number of unbranched alkanes of at least 4 members (excludes halogenated alkanes) is 1. The lowest BCUT2D eigenvalue weighted by molar-refractivity contribution is -0.139. The highest BCUT2D eigenvalue weighted by Crippen LogP contribution is 2.31. The van der Waals surface area contributed by atoms with Crippen molar-refractivity contribution in [3.8, 4) is 11.1 Å². The SMILES string of the molecule is CCCCC(OCc1ccc(C(=O)NC(CCS(C)(=O)=O)C(=O)O)c(-c2ccccc2C)c1)c1cccc(C(C)C)c1. The Hall–Kier alpha value is -3.49. The minimum atomic E-state index is -3.39. The lowest BCUT2D eigenvalue weighted by Crippen LogP contribution is -2.42. The van der Waals surface area contributed by atoms with Crippen LogP contribution in [0.5, 0.6) is 0 Å². The molecule has 0 aromatic heterocycles. The van der Waals surface area contributed by atoms with Gasteiger partial charge in [-0.25, -0.2) is 13.2 Å². The van der Waals surface area contributed by atoms with Gasteiger partial charge in [0.15, 0.2) is 0 Å². The molecule has 0 radical (unpaired) electrons. The van der Waals surface area contributed by atoms with E-state index in [1.165, 1.54) is 5.56 Å². The fourth-order valence-electron chi connectivity index (χ4n) is 4.85. The molecule has 0 bridgehead atoms. The van der Waals surface area contributed by atoms with Crippen molar-refractivity contribution in [2.24, 2.45) is 0 Å². The van der Waals surface area contributed by atoms with Crippen LogP contribution in [0.15, 0.2) is 66.7 Å². The molecule has 3 aromatic carbocycles. The zero-order chi connectivity index (χ0) is 30.9. The van der Waals surface area contributed by atoms with Gasteiger partial charge in [0.25, 0.3) is 5.91 Å². The minimum absolute atomic E-state index is 0.0697. The molecule has 7 nitrogen and oxygen atoms in total. The molecule has 1 amide bonds. The zero-order valence-corrected chi connectivity index (χ0v) is 26.0. The van der Waals surface area contributed by atoms with Crippen molar-refractivity contribution in [2.75, 3.05) is 12.0 Å². The number of rotatable bonds is 15. The van der Waals surface area contributed by atoms with Crippen molar-refractivity contribution in [3.63, 3.8) is 0 Å². The first-order valence-electron chi connectivity index (χ1n) is 14.5. The van der Waals surface area contributed by atoms with Gasteiger partial charge in [0.1, 0.15) is 15.9 Å². The van der Waals surface area contributed by atoms with Crippen molar-refractivity contribution in [2.45, 2.75) is 78.0 Å². The third-order valence-corrected chi connectivity index (χ3v) is 8.34. The van der Waals surface area contributed by atoms with E-state index >= 15 is 0 Å². The van der Waals surface area contributed by atoms with E-state index in [0.29, 0.717) is 23.7 Å². The summed E-state index contributed by atoms with van der Waals surface area (Å²) in [6, 6.07) is 20.3. The van der Waals surface area contributed by atoms with E-state index in [1.807, 2.05) is 43.3 Å². The van der Waals surface area contributed by atoms with E-state index in [1.54, 1.807) is 6.07 Å². The monoisotopic (exact) mass is 593 g/mol. The van der Waals surface area contributed by atoms with Gasteiger partial charge in [-0.1, -0.05) is 88.2 Å². The molecule has 0 heterocycles. The Kier molecular flexibility index (Phi) is 11.9. The molecule has 2 atom stereocenters. The number of carbonyl (C=O) groups is 2. The van der Waals surface area contributed by atoms with Crippen molar-refractivity contribution in [3.05, 3.63) is 94.5 Å². The van der Waals surface area contributed by atoms with E-state index in [4.69, 9.17) is 4.74 Å². The van der Waals surface area contributed by atoms with Gasteiger partial charge < -0.3 is 15.2 Å². The average molecular weight is 594 g/mol. The molecule has 0 aliphatic carbocycles. The Bertz CT molecular complexity index is 1480. The first-order valence-corrected chi connectivity index (χ1v) is 16.6. The van der Waals surface area contributed by atoms with E-state index in [9.17, 15) is 23.1 Å². The Balaban J connectivity index is 1.92. The van der Waals surface area contributed by atoms with Gasteiger partial charge in [0.05, 0.1) is 18.5 Å². The Labute approximate surface area is 250 Å². The molecule has 0 aliphatic rings. The molecular weight excluding hydrogens is 550 g/mol. The van der Waals surface area contributed by atoms with Crippen LogP contribution in [0.1, 0.15) is 91.1 Å². The number of sulfone groups is 1. The second-order valence-electron chi connectivity index (χ2n) is 11.2. The van der Waals surface area contributed by atoms with E-state index < -0.39 is 27.8 Å². The number of hydrogen-bond acceptors (Lipinski definition) is 5. The number of carboxylic acid groups (broad SMARTS) is 1. The Morgan fingerprint density at radius 1 is 0.929 bits per heavy atom. The van der Waals surface area contributed by atoms with Crippen molar-refractivity contribution in [1.82, 2.24) is 5.32 Å². The van der Waals surface area contributed by atoms with Gasteiger partial charge in [0, 0.05) is 11.8 Å². The van der Waals surface area contributed by atoms with E-state index in [0.717, 1.165) is 47.8 Å². The molecule has 0 saturated heterocycles. The summed E-state index contributed by atoms with van der Waals surface area (Å²) >= 11 is 0. The smallest absolute Gasteiger partial charge is 0.326 e. The van der Waals surface area contributed by atoms with Gasteiger partial charge in [-0.05, 0) is 71.2 Å². The van der Waals surface area contributed by atoms with Gasteiger partial charge in [-0.2, -0.15) is 0 Å². The van der Waals surface area contributed by atoms with Gasteiger partial charge in [-0.15, -0.1) is 0 Å². The molecule has 2 unspecified atom stereocenters. The second-order valence-corrected chi connectivity index (χ2v) is 13.5.